The van der Waals surface area contributed by atoms with Gasteiger partial charge in [-0.05, 0) is 48.4 Å². The van der Waals surface area contributed by atoms with Gasteiger partial charge in [0.05, 0.1) is 0 Å². The average molecular weight is 238 g/mol. The molecule has 0 heterocycles. The Kier molecular flexibility index (Phi) is 4.58. The van der Waals surface area contributed by atoms with E-state index in [1.54, 1.807) is 5.56 Å². The lowest BCUT2D eigenvalue weighted by Crippen LogP contribution is -1.99. The van der Waals surface area contributed by atoms with Crippen molar-refractivity contribution in [1.82, 2.24) is 0 Å². The van der Waals surface area contributed by atoms with Crippen LogP contribution in [0.1, 0.15) is 35.6 Å². The molecule has 0 heteroatoms. The van der Waals surface area contributed by atoms with Gasteiger partial charge < -0.3 is 0 Å². The zero-order valence-corrected chi connectivity index (χ0v) is 11.4. The van der Waals surface area contributed by atoms with Crippen LogP contribution >= 0.6 is 0 Å². The summed E-state index contributed by atoms with van der Waals surface area (Å²) in [6.45, 7) is 4.49. The number of aryl methyl sites for hydroxylation is 3. The normalized spacial score (nSPS) is 10.6. The van der Waals surface area contributed by atoms with Crippen LogP contribution in [0.5, 0.6) is 0 Å². The van der Waals surface area contributed by atoms with Gasteiger partial charge in [0.2, 0.25) is 0 Å². The second-order valence-electron chi connectivity index (χ2n) is 4.95. The van der Waals surface area contributed by atoms with Gasteiger partial charge >= 0.3 is 0 Å². The molecule has 18 heavy (non-hydrogen) atoms. The smallest absolute Gasteiger partial charge is 0.0235 e. The van der Waals surface area contributed by atoms with Crippen LogP contribution in [-0.4, -0.2) is 0 Å². The van der Waals surface area contributed by atoms with E-state index in [1.807, 2.05) is 0 Å². The van der Waals surface area contributed by atoms with Crippen LogP contribution in [0.3, 0.4) is 0 Å². The molecule has 0 amide bonds. The van der Waals surface area contributed by atoms with Gasteiger partial charge in [0.1, 0.15) is 0 Å². The first-order chi connectivity index (χ1) is 8.81. The van der Waals surface area contributed by atoms with Crippen molar-refractivity contribution >= 4 is 0 Å². The molecule has 0 N–H and O–H groups in total. The summed E-state index contributed by atoms with van der Waals surface area (Å²) in [6, 6.07) is 17.5. The lowest BCUT2D eigenvalue weighted by Gasteiger charge is -2.12. The molecule has 0 nitrogen and oxygen atoms in total. The summed E-state index contributed by atoms with van der Waals surface area (Å²) in [6.07, 6.45) is 4.72. The minimum Gasteiger partial charge on any atom is -0.0651 e. The molecule has 0 fully saturated rings. The van der Waals surface area contributed by atoms with Gasteiger partial charge in [-0.15, -0.1) is 0 Å². The molecule has 0 aliphatic carbocycles. The predicted octanol–water partition coefficient (Wildman–Crippen LogP) is 4.73. The van der Waals surface area contributed by atoms with Gasteiger partial charge in [0.25, 0.3) is 0 Å². The summed E-state index contributed by atoms with van der Waals surface area (Å²) in [7, 11) is 0. The van der Waals surface area contributed by atoms with Crippen LogP contribution in [0.15, 0.2) is 48.5 Å². The fourth-order valence-electron chi connectivity index (χ4n) is 2.53. The van der Waals surface area contributed by atoms with Crippen molar-refractivity contribution in [2.45, 2.75) is 39.5 Å². The molecule has 0 bridgehead atoms. The lowest BCUT2D eigenvalue weighted by atomic mass is 9.94. The topological polar surface area (TPSA) is 0 Å². The molecule has 2 aromatic carbocycles. The van der Waals surface area contributed by atoms with E-state index >= 15 is 0 Å². The highest BCUT2D eigenvalue weighted by Gasteiger charge is 2.04. The number of rotatable bonds is 5. The molecule has 0 saturated heterocycles. The highest BCUT2D eigenvalue weighted by molar-refractivity contribution is 5.35. The van der Waals surface area contributed by atoms with Gasteiger partial charge in [-0.2, -0.15) is 0 Å². The summed E-state index contributed by atoms with van der Waals surface area (Å²) in [5.74, 6) is 0. The third kappa shape index (κ3) is 3.22. The summed E-state index contributed by atoms with van der Waals surface area (Å²) in [5.41, 5.74) is 5.97. The molecule has 0 atom stereocenters. The fourth-order valence-corrected chi connectivity index (χ4v) is 2.53. The largest absolute Gasteiger partial charge is 0.0651 e. The molecule has 0 aliphatic rings. The predicted molar refractivity (Wildman–Crippen MR) is 79.0 cm³/mol. The van der Waals surface area contributed by atoms with Crippen LogP contribution in [0.25, 0.3) is 0 Å². The minimum absolute atomic E-state index is 1.14. The summed E-state index contributed by atoms with van der Waals surface area (Å²) >= 11 is 0. The molecule has 0 radical (unpaired) electrons. The monoisotopic (exact) mass is 238 g/mol. The Morgan fingerprint density at radius 1 is 0.778 bits per heavy atom. The van der Waals surface area contributed by atoms with Crippen LogP contribution < -0.4 is 0 Å². The Hall–Kier alpha value is -1.56. The minimum atomic E-state index is 1.14. The highest BCUT2D eigenvalue weighted by Crippen LogP contribution is 2.18. The summed E-state index contributed by atoms with van der Waals surface area (Å²) < 4.78 is 0. The van der Waals surface area contributed by atoms with Crippen molar-refractivity contribution in [3.05, 3.63) is 70.8 Å². The number of benzene rings is 2. The summed E-state index contributed by atoms with van der Waals surface area (Å²) in [5, 5.41) is 0. The zero-order valence-electron chi connectivity index (χ0n) is 11.4. The second kappa shape index (κ2) is 6.39. The Morgan fingerprint density at radius 3 is 2.28 bits per heavy atom. The third-order valence-corrected chi connectivity index (χ3v) is 3.53. The van der Waals surface area contributed by atoms with Crippen molar-refractivity contribution < 1.29 is 0 Å². The Bertz CT molecular complexity index is 483. The van der Waals surface area contributed by atoms with E-state index < -0.39 is 0 Å². The first kappa shape index (κ1) is 12.9. The van der Waals surface area contributed by atoms with Gasteiger partial charge in [0.15, 0.2) is 0 Å². The maximum absolute atomic E-state index is 2.29. The second-order valence-corrected chi connectivity index (χ2v) is 4.95. The zero-order chi connectivity index (χ0) is 12.8. The van der Waals surface area contributed by atoms with Crippen LogP contribution in [-0.2, 0) is 19.3 Å². The van der Waals surface area contributed by atoms with E-state index in [0.717, 1.165) is 12.8 Å². The molecule has 0 aromatic heterocycles. The van der Waals surface area contributed by atoms with Crippen LogP contribution in [0.2, 0.25) is 0 Å². The van der Waals surface area contributed by atoms with E-state index in [9.17, 15) is 0 Å². The first-order valence-electron chi connectivity index (χ1n) is 6.92. The van der Waals surface area contributed by atoms with E-state index in [0.29, 0.717) is 0 Å². The van der Waals surface area contributed by atoms with Crippen LogP contribution in [0, 0.1) is 6.92 Å². The molecule has 0 aliphatic heterocycles. The Labute approximate surface area is 111 Å². The molecule has 2 aromatic rings. The molecule has 0 spiro atoms. The van der Waals surface area contributed by atoms with Gasteiger partial charge in [-0.25, -0.2) is 0 Å². The molecule has 2 rings (SSSR count). The SMILES string of the molecule is CCCc1c(C)cccc1CCc1ccccc1. The lowest BCUT2D eigenvalue weighted by molar-refractivity contribution is 0.867. The fraction of sp³-hybridized carbons (Fsp3) is 0.333. The maximum atomic E-state index is 2.29. The number of hydrogen-bond donors (Lipinski definition) is 0. The van der Waals surface area contributed by atoms with Crippen LogP contribution in [0.4, 0.5) is 0 Å². The third-order valence-electron chi connectivity index (χ3n) is 3.53. The Balaban J connectivity index is 2.11. The highest BCUT2D eigenvalue weighted by atomic mass is 14.1. The quantitative estimate of drug-likeness (QED) is 0.706. The van der Waals surface area contributed by atoms with Gasteiger partial charge in [0, 0.05) is 0 Å². The van der Waals surface area contributed by atoms with Gasteiger partial charge in [-0.3, -0.25) is 0 Å². The molecule has 0 unspecified atom stereocenters. The summed E-state index contributed by atoms with van der Waals surface area (Å²) in [4.78, 5) is 0. The van der Waals surface area contributed by atoms with Crippen molar-refractivity contribution in [1.29, 1.82) is 0 Å². The van der Waals surface area contributed by atoms with Crippen molar-refractivity contribution in [2.75, 3.05) is 0 Å². The number of hydrogen-bond acceptors (Lipinski definition) is 0. The first-order valence-corrected chi connectivity index (χ1v) is 6.92. The van der Waals surface area contributed by atoms with Crippen molar-refractivity contribution in [3.63, 3.8) is 0 Å². The molecular formula is C18H22. The molecular weight excluding hydrogens is 216 g/mol. The van der Waals surface area contributed by atoms with E-state index in [2.05, 4.69) is 62.4 Å². The van der Waals surface area contributed by atoms with Crippen molar-refractivity contribution in [2.24, 2.45) is 0 Å². The average Bonchev–Trinajstić information content (AvgIpc) is 2.41. The van der Waals surface area contributed by atoms with E-state index in [4.69, 9.17) is 0 Å². The maximum Gasteiger partial charge on any atom is -0.0235 e. The molecule has 94 valence electrons. The van der Waals surface area contributed by atoms with E-state index in [-0.39, 0.29) is 0 Å². The van der Waals surface area contributed by atoms with E-state index in [1.165, 1.54) is 29.5 Å². The standard InChI is InChI=1S/C18H22/c1-3-8-18-15(2)9-7-12-17(18)14-13-16-10-5-4-6-11-16/h4-7,9-12H,3,8,13-14H2,1-2H3. The van der Waals surface area contributed by atoms with Crippen molar-refractivity contribution in [3.8, 4) is 0 Å². The van der Waals surface area contributed by atoms with Gasteiger partial charge in [-0.1, -0.05) is 61.9 Å². The Morgan fingerprint density at radius 2 is 1.56 bits per heavy atom. The molecule has 0 saturated carbocycles.